The first-order valence-corrected chi connectivity index (χ1v) is 18.4. The van der Waals surface area contributed by atoms with E-state index in [4.69, 9.17) is 18.9 Å². The standard InChI is InChI=1S/C42H56O7/c1-4-6-8-10-14-18-40(43)47-32-16-12-11-15-31-46-38-27-23-35(24-28-38)34-19-21-36(22-20-34)42(45)49-39-29-25-37(26-30-39)41(44)48-33(3)17-13-9-7-5-2/h19-30,33H,4-18,31-32H2,1-3H3/t33-/m0/s1. The van der Waals surface area contributed by atoms with Gasteiger partial charge in [0.2, 0.25) is 0 Å². The lowest BCUT2D eigenvalue weighted by Crippen LogP contribution is -2.15. The molecule has 0 aliphatic rings. The molecule has 0 aliphatic heterocycles. The molecule has 0 unspecified atom stereocenters. The van der Waals surface area contributed by atoms with Crippen LogP contribution in [0, 0.1) is 0 Å². The number of carbonyl (C=O) groups excluding carboxylic acids is 3. The molecule has 0 spiro atoms. The van der Waals surface area contributed by atoms with Crippen molar-refractivity contribution in [1.29, 1.82) is 0 Å². The third-order valence-corrected chi connectivity index (χ3v) is 8.44. The van der Waals surface area contributed by atoms with Gasteiger partial charge in [0, 0.05) is 6.42 Å². The Kier molecular flexibility index (Phi) is 18.7. The molecule has 0 radical (unpaired) electrons. The van der Waals surface area contributed by atoms with Crippen LogP contribution < -0.4 is 9.47 Å². The van der Waals surface area contributed by atoms with Gasteiger partial charge in [0.25, 0.3) is 0 Å². The van der Waals surface area contributed by atoms with E-state index in [2.05, 4.69) is 13.8 Å². The van der Waals surface area contributed by atoms with Crippen LogP contribution in [0.2, 0.25) is 0 Å². The van der Waals surface area contributed by atoms with E-state index in [9.17, 15) is 14.4 Å². The molecule has 0 aromatic heterocycles. The summed E-state index contributed by atoms with van der Waals surface area (Å²) in [5.41, 5.74) is 2.85. The first-order valence-electron chi connectivity index (χ1n) is 18.4. The number of rotatable bonds is 24. The molecule has 266 valence electrons. The van der Waals surface area contributed by atoms with Gasteiger partial charge in [-0.1, -0.05) is 83.1 Å². The Morgan fingerprint density at radius 3 is 1.71 bits per heavy atom. The molecule has 0 heterocycles. The van der Waals surface area contributed by atoms with E-state index >= 15 is 0 Å². The van der Waals surface area contributed by atoms with Crippen LogP contribution in [-0.2, 0) is 14.3 Å². The second-order valence-electron chi connectivity index (χ2n) is 12.7. The highest BCUT2D eigenvalue weighted by atomic mass is 16.5. The molecule has 0 saturated heterocycles. The number of esters is 3. The fraction of sp³-hybridized carbons (Fsp3) is 0.500. The predicted octanol–water partition coefficient (Wildman–Crippen LogP) is 10.9. The van der Waals surface area contributed by atoms with Crippen LogP contribution in [0.25, 0.3) is 11.1 Å². The Hall–Kier alpha value is -4.13. The SMILES string of the molecule is CCCCCCCC(=O)OCCCCCCOc1ccc(-c2ccc(C(=O)Oc3ccc(C(=O)O[C@@H](C)CCCCCC)cc3)cc2)cc1. The van der Waals surface area contributed by atoms with Gasteiger partial charge in [0.05, 0.1) is 30.4 Å². The van der Waals surface area contributed by atoms with Crippen LogP contribution in [-0.4, -0.2) is 37.2 Å². The van der Waals surface area contributed by atoms with Crippen molar-refractivity contribution in [2.45, 2.75) is 123 Å². The Balaban J connectivity index is 1.32. The maximum absolute atomic E-state index is 12.8. The lowest BCUT2D eigenvalue weighted by atomic mass is 10.0. The molecule has 3 aromatic rings. The number of carbonyl (C=O) groups is 3. The van der Waals surface area contributed by atoms with E-state index in [0.717, 1.165) is 74.7 Å². The van der Waals surface area contributed by atoms with Crippen molar-refractivity contribution in [3.05, 3.63) is 83.9 Å². The van der Waals surface area contributed by atoms with Crippen molar-refractivity contribution in [3.63, 3.8) is 0 Å². The minimum Gasteiger partial charge on any atom is -0.494 e. The summed E-state index contributed by atoms with van der Waals surface area (Å²) < 4.78 is 22.3. The zero-order valence-corrected chi connectivity index (χ0v) is 29.9. The summed E-state index contributed by atoms with van der Waals surface area (Å²) in [6.45, 7) is 7.42. The molecule has 0 N–H and O–H groups in total. The van der Waals surface area contributed by atoms with Gasteiger partial charge in [-0.25, -0.2) is 9.59 Å². The van der Waals surface area contributed by atoms with Crippen LogP contribution in [0.3, 0.4) is 0 Å². The van der Waals surface area contributed by atoms with Gasteiger partial charge in [-0.2, -0.15) is 0 Å². The van der Waals surface area contributed by atoms with Crippen molar-refractivity contribution < 1.29 is 33.3 Å². The summed E-state index contributed by atoms with van der Waals surface area (Å²) in [5, 5.41) is 0. The average Bonchev–Trinajstić information content (AvgIpc) is 3.11. The lowest BCUT2D eigenvalue weighted by molar-refractivity contribution is -0.143. The van der Waals surface area contributed by atoms with Crippen molar-refractivity contribution in [2.75, 3.05) is 13.2 Å². The minimum absolute atomic E-state index is 0.0705. The summed E-state index contributed by atoms with van der Waals surface area (Å²) in [6, 6.07) is 21.6. The van der Waals surface area contributed by atoms with Crippen LogP contribution in [0.4, 0.5) is 0 Å². The van der Waals surface area contributed by atoms with Crippen molar-refractivity contribution >= 4 is 17.9 Å². The Morgan fingerprint density at radius 2 is 1.06 bits per heavy atom. The second-order valence-corrected chi connectivity index (χ2v) is 12.7. The van der Waals surface area contributed by atoms with E-state index in [1.54, 1.807) is 36.4 Å². The third-order valence-electron chi connectivity index (χ3n) is 8.44. The normalized spacial score (nSPS) is 11.5. The van der Waals surface area contributed by atoms with Gasteiger partial charge in [0.1, 0.15) is 11.5 Å². The van der Waals surface area contributed by atoms with Crippen molar-refractivity contribution in [1.82, 2.24) is 0 Å². The molecule has 0 fully saturated rings. The quantitative estimate of drug-likeness (QED) is 0.0531. The molecule has 3 rings (SSSR count). The van der Waals surface area contributed by atoms with Crippen LogP contribution in [0.15, 0.2) is 72.8 Å². The van der Waals surface area contributed by atoms with Crippen LogP contribution in [0.5, 0.6) is 11.5 Å². The van der Waals surface area contributed by atoms with Crippen molar-refractivity contribution in [2.24, 2.45) is 0 Å². The predicted molar refractivity (Wildman–Crippen MR) is 195 cm³/mol. The average molecular weight is 673 g/mol. The highest BCUT2D eigenvalue weighted by molar-refractivity contribution is 5.92. The van der Waals surface area contributed by atoms with Gasteiger partial charge in [0.15, 0.2) is 0 Å². The number of benzene rings is 3. The van der Waals surface area contributed by atoms with Gasteiger partial charge in [-0.15, -0.1) is 0 Å². The Morgan fingerprint density at radius 1 is 0.551 bits per heavy atom. The number of unbranched alkanes of at least 4 members (excludes halogenated alkanes) is 10. The molecule has 0 bridgehead atoms. The fourth-order valence-electron chi connectivity index (χ4n) is 5.41. The molecule has 1 atom stereocenters. The van der Waals surface area contributed by atoms with E-state index in [1.165, 1.54) is 32.1 Å². The summed E-state index contributed by atoms with van der Waals surface area (Å²) in [5.74, 6) is 0.257. The minimum atomic E-state index is -0.472. The fourth-order valence-corrected chi connectivity index (χ4v) is 5.41. The summed E-state index contributed by atoms with van der Waals surface area (Å²) in [7, 11) is 0. The highest BCUT2D eigenvalue weighted by Crippen LogP contribution is 2.24. The van der Waals surface area contributed by atoms with E-state index < -0.39 is 5.97 Å². The number of ether oxygens (including phenoxy) is 4. The van der Waals surface area contributed by atoms with Crippen LogP contribution in [0.1, 0.15) is 138 Å². The maximum atomic E-state index is 12.8. The molecule has 49 heavy (non-hydrogen) atoms. The largest absolute Gasteiger partial charge is 0.494 e. The molecule has 7 heteroatoms. The lowest BCUT2D eigenvalue weighted by Gasteiger charge is -2.13. The van der Waals surface area contributed by atoms with Gasteiger partial charge in [-0.05, 0) is 112 Å². The molecule has 7 nitrogen and oxygen atoms in total. The molecule has 0 amide bonds. The Bertz CT molecular complexity index is 1360. The number of hydrogen-bond donors (Lipinski definition) is 0. The monoisotopic (exact) mass is 672 g/mol. The molecule has 3 aromatic carbocycles. The molecule has 0 saturated carbocycles. The van der Waals surface area contributed by atoms with Gasteiger partial charge >= 0.3 is 17.9 Å². The highest BCUT2D eigenvalue weighted by Gasteiger charge is 2.14. The summed E-state index contributed by atoms with van der Waals surface area (Å²) >= 11 is 0. The van der Waals surface area contributed by atoms with E-state index in [0.29, 0.717) is 36.5 Å². The van der Waals surface area contributed by atoms with Gasteiger partial charge < -0.3 is 18.9 Å². The van der Waals surface area contributed by atoms with E-state index in [1.807, 2.05) is 43.3 Å². The second kappa shape index (κ2) is 23.3. The smallest absolute Gasteiger partial charge is 0.343 e. The first kappa shape index (κ1) is 39.3. The molecule has 0 aliphatic carbocycles. The van der Waals surface area contributed by atoms with Crippen molar-refractivity contribution in [3.8, 4) is 22.6 Å². The maximum Gasteiger partial charge on any atom is 0.343 e. The van der Waals surface area contributed by atoms with E-state index in [-0.39, 0.29) is 18.0 Å². The first-order chi connectivity index (χ1) is 23.9. The summed E-state index contributed by atoms with van der Waals surface area (Å²) in [4.78, 5) is 37.0. The van der Waals surface area contributed by atoms with Gasteiger partial charge in [-0.3, -0.25) is 4.79 Å². The Labute approximate surface area is 293 Å². The number of hydrogen-bond acceptors (Lipinski definition) is 7. The zero-order valence-electron chi connectivity index (χ0n) is 29.9. The summed E-state index contributed by atoms with van der Waals surface area (Å²) in [6.07, 6.45) is 15.4. The van der Waals surface area contributed by atoms with Crippen LogP contribution >= 0.6 is 0 Å². The molecular formula is C42H56O7. The topological polar surface area (TPSA) is 88.1 Å². The zero-order chi connectivity index (χ0) is 35.1. The molecular weight excluding hydrogens is 616 g/mol. The third kappa shape index (κ3) is 15.8.